The fourth-order valence-corrected chi connectivity index (χ4v) is 3.90. The van der Waals surface area contributed by atoms with Crippen LogP contribution in [-0.4, -0.2) is 30.8 Å². The third-order valence-corrected chi connectivity index (χ3v) is 5.47. The van der Waals surface area contributed by atoms with Crippen LogP contribution in [0.25, 0.3) is 0 Å². The maximum Gasteiger partial charge on any atom is 0.229 e. The van der Waals surface area contributed by atoms with Gasteiger partial charge in [0.25, 0.3) is 0 Å². The van der Waals surface area contributed by atoms with Gasteiger partial charge in [0.05, 0.1) is 5.92 Å². The molecule has 1 atom stereocenters. The van der Waals surface area contributed by atoms with Crippen LogP contribution >= 0.6 is 0 Å². The minimum absolute atomic E-state index is 0.0246. The molecule has 6 heteroatoms. The van der Waals surface area contributed by atoms with Gasteiger partial charge in [-0.1, -0.05) is 17.7 Å². The number of benzene rings is 2. The molecule has 144 valence electrons. The van der Waals surface area contributed by atoms with Crippen molar-refractivity contribution in [3.8, 4) is 0 Å². The molecule has 0 unspecified atom stereocenters. The summed E-state index contributed by atoms with van der Waals surface area (Å²) in [5.41, 5.74) is 4.63. The molecule has 0 saturated carbocycles. The summed E-state index contributed by atoms with van der Waals surface area (Å²) < 4.78 is 0. The van der Waals surface area contributed by atoms with Gasteiger partial charge >= 0.3 is 0 Å². The molecule has 4 rings (SSSR count). The van der Waals surface area contributed by atoms with Gasteiger partial charge in [0, 0.05) is 43.5 Å². The Hall–Kier alpha value is -3.15. The van der Waals surface area contributed by atoms with Gasteiger partial charge in [-0.05, 0) is 49.2 Å². The Balaban J connectivity index is 1.47. The zero-order chi connectivity index (χ0) is 19.8. The van der Waals surface area contributed by atoms with Crippen molar-refractivity contribution < 1.29 is 14.4 Å². The third-order valence-electron chi connectivity index (χ3n) is 5.47. The number of hydrogen-bond acceptors (Lipinski definition) is 3. The van der Waals surface area contributed by atoms with Crippen molar-refractivity contribution >= 4 is 34.8 Å². The molecule has 2 aromatic carbocycles. The topological polar surface area (TPSA) is 69.7 Å². The Morgan fingerprint density at radius 2 is 1.86 bits per heavy atom. The normalized spacial score (nSPS) is 18.4. The average Bonchev–Trinajstić information content (AvgIpc) is 3.26. The molecular formula is C22H23N3O3. The van der Waals surface area contributed by atoms with E-state index >= 15 is 0 Å². The standard InChI is InChI=1S/C22H23N3O3/c1-14-3-5-18(6-4-14)23-22(28)17-12-21(27)25(13-17)19-7-8-20-16(11-19)9-10-24(20)15(2)26/h3-8,11,17H,9-10,12-13H2,1-2H3,(H,23,28)/t17-/m1/s1. The van der Waals surface area contributed by atoms with Gasteiger partial charge < -0.3 is 15.1 Å². The molecule has 3 amide bonds. The van der Waals surface area contributed by atoms with Gasteiger partial charge in [-0.2, -0.15) is 0 Å². The van der Waals surface area contributed by atoms with Crippen LogP contribution < -0.4 is 15.1 Å². The molecule has 0 aromatic heterocycles. The van der Waals surface area contributed by atoms with E-state index in [-0.39, 0.29) is 30.1 Å². The number of amides is 3. The molecule has 2 heterocycles. The van der Waals surface area contributed by atoms with Crippen molar-refractivity contribution in [3.05, 3.63) is 53.6 Å². The van der Waals surface area contributed by atoms with Crippen molar-refractivity contribution in [3.63, 3.8) is 0 Å². The van der Waals surface area contributed by atoms with E-state index in [0.29, 0.717) is 13.1 Å². The monoisotopic (exact) mass is 377 g/mol. The Morgan fingerprint density at radius 1 is 1.11 bits per heavy atom. The summed E-state index contributed by atoms with van der Waals surface area (Å²) in [6.45, 7) is 4.59. The van der Waals surface area contributed by atoms with Crippen LogP contribution in [0.15, 0.2) is 42.5 Å². The molecule has 1 saturated heterocycles. The highest BCUT2D eigenvalue weighted by atomic mass is 16.2. The Kier molecular flexibility index (Phi) is 4.63. The second-order valence-electron chi connectivity index (χ2n) is 7.49. The summed E-state index contributed by atoms with van der Waals surface area (Å²) in [4.78, 5) is 40.3. The van der Waals surface area contributed by atoms with Gasteiger partial charge in [0.1, 0.15) is 0 Å². The first-order chi connectivity index (χ1) is 13.4. The van der Waals surface area contributed by atoms with Crippen LogP contribution in [0.5, 0.6) is 0 Å². The van der Waals surface area contributed by atoms with E-state index in [2.05, 4.69) is 5.32 Å². The van der Waals surface area contributed by atoms with Gasteiger partial charge in [-0.3, -0.25) is 14.4 Å². The average molecular weight is 377 g/mol. The maximum absolute atomic E-state index is 12.6. The molecule has 6 nitrogen and oxygen atoms in total. The largest absolute Gasteiger partial charge is 0.326 e. The summed E-state index contributed by atoms with van der Waals surface area (Å²) in [7, 11) is 0. The van der Waals surface area contributed by atoms with E-state index in [1.807, 2.05) is 49.4 Å². The van der Waals surface area contributed by atoms with E-state index in [1.54, 1.807) is 16.7 Å². The predicted octanol–water partition coefficient (Wildman–Crippen LogP) is 2.90. The molecule has 2 aliphatic heterocycles. The predicted molar refractivity (Wildman–Crippen MR) is 108 cm³/mol. The number of anilines is 3. The number of rotatable bonds is 3. The van der Waals surface area contributed by atoms with Crippen molar-refractivity contribution in [1.29, 1.82) is 0 Å². The van der Waals surface area contributed by atoms with Gasteiger partial charge in [0.15, 0.2) is 0 Å². The maximum atomic E-state index is 12.6. The van der Waals surface area contributed by atoms with Crippen molar-refractivity contribution in [2.45, 2.75) is 26.7 Å². The highest BCUT2D eigenvalue weighted by Crippen LogP contribution is 2.34. The summed E-state index contributed by atoms with van der Waals surface area (Å²) in [5, 5.41) is 2.90. The van der Waals surface area contributed by atoms with Crippen LogP contribution in [-0.2, 0) is 20.8 Å². The van der Waals surface area contributed by atoms with E-state index in [1.165, 1.54) is 0 Å². The summed E-state index contributed by atoms with van der Waals surface area (Å²) in [6, 6.07) is 13.3. The molecule has 0 spiro atoms. The van der Waals surface area contributed by atoms with Crippen LogP contribution in [0.4, 0.5) is 17.1 Å². The van der Waals surface area contributed by atoms with Crippen LogP contribution in [0, 0.1) is 12.8 Å². The highest BCUT2D eigenvalue weighted by molar-refractivity contribution is 6.04. The molecule has 0 radical (unpaired) electrons. The molecule has 0 aliphatic carbocycles. The first-order valence-corrected chi connectivity index (χ1v) is 9.51. The van der Waals surface area contributed by atoms with E-state index in [9.17, 15) is 14.4 Å². The summed E-state index contributed by atoms with van der Waals surface area (Å²) in [5.74, 6) is -0.540. The highest BCUT2D eigenvalue weighted by Gasteiger charge is 2.36. The minimum Gasteiger partial charge on any atom is -0.326 e. The molecule has 0 bridgehead atoms. The number of carbonyl (C=O) groups excluding carboxylic acids is 3. The lowest BCUT2D eigenvalue weighted by atomic mass is 10.1. The molecule has 28 heavy (non-hydrogen) atoms. The van der Waals surface area contributed by atoms with Gasteiger partial charge in [-0.25, -0.2) is 0 Å². The Morgan fingerprint density at radius 3 is 2.57 bits per heavy atom. The second-order valence-corrected chi connectivity index (χ2v) is 7.49. The lowest BCUT2D eigenvalue weighted by Gasteiger charge is -2.19. The summed E-state index contributed by atoms with van der Waals surface area (Å²) in [6.07, 6.45) is 0.983. The molecule has 1 fully saturated rings. The summed E-state index contributed by atoms with van der Waals surface area (Å²) >= 11 is 0. The number of carbonyl (C=O) groups is 3. The second kappa shape index (κ2) is 7.11. The molecule has 1 N–H and O–H groups in total. The minimum atomic E-state index is -0.379. The van der Waals surface area contributed by atoms with Crippen molar-refractivity contribution in [1.82, 2.24) is 0 Å². The number of nitrogens with one attached hydrogen (secondary N) is 1. The first kappa shape index (κ1) is 18.2. The smallest absolute Gasteiger partial charge is 0.229 e. The van der Waals surface area contributed by atoms with E-state index in [0.717, 1.165) is 34.6 Å². The Labute approximate surface area is 164 Å². The lowest BCUT2D eigenvalue weighted by Crippen LogP contribution is -2.28. The van der Waals surface area contributed by atoms with Crippen LogP contribution in [0.1, 0.15) is 24.5 Å². The number of hydrogen-bond donors (Lipinski definition) is 1. The third kappa shape index (κ3) is 3.38. The molecule has 2 aliphatic rings. The van der Waals surface area contributed by atoms with Crippen molar-refractivity contribution in [2.75, 3.05) is 28.2 Å². The van der Waals surface area contributed by atoms with Crippen molar-refractivity contribution in [2.24, 2.45) is 5.92 Å². The fourth-order valence-electron chi connectivity index (χ4n) is 3.90. The van der Waals surface area contributed by atoms with Crippen LogP contribution in [0.3, 0.4) is 0 Å². The van der Waals surface area contributed by atoms with E-state index < -0.39 is 0 Å². The van der Waals surface area contributed by atoms with Gasteiger partial charge in [0.2, 0.25) is 17.7 Å². The lowest BCUT2D eigenvalue weighted by molar-refractivity contribution is -0.122. The molecular weight excluding hydrogens is 354 g/mol. The zero-order valence-electron chi connectivity index (χ0n) is 16.1. The number of nitrogens with zero attached hydrogens (tertiary/aromatic N) is 2. The van der Waals surface area contributed by atoms with E-state index in [4.69, 9.17) is 0 Å². The zero-order valence-corrected chi connectivity index (χ0v) is 16.1. The first-order valence-electron chi connectivity index (χ1n) is 9.51. The Bertz CT molecular complexity index is 952. The van der Waals surface area contributed by atoms with Crippen LogP contribution in [0.2, 0.25) is 0 Å². The quantitative estimate of drug-likeness (QED) is 0.894. The molecule has 2 aromatic rings. The number of aryl methyl sites for hydroxylation is 1. The fraction of sp³-hybridized carbons (Fsp3) is 0.318. The SMILES string of the molecule is CC(=O)N1CCc2cc(N3C[C@H](C(=O)Nc4ccc(C)cc4)CC3=O)ccc21. The van der Waals surface area contributed by atoms with Gasteiger partial charge in [-0.15, -0.1) is 0 Å². The number of fused-ring (bicyclic) bond motifs is 1.